The second-order valence-corrected chi connectivity index (χ2v) is 7.03. The number of rotatable bonds is 3. The van der Waals surface area contributed by atoms with Crippen molar-refractivity contribution in [3.05, 3.63) is 29.8 Å². The average molecular weight is 304 g/mol. The first-order valence-electron chi connectivity index (χ1n) is 6.22. The van der Waals surface area contributed by atoms with Crippen LogP contribution in [0.5, 0.6) is 0 Å². The van der Waals surface area contributed by atoms with Crippen LogP contribution < -0.4 is 0 Å². The molecule has 1 aliphatic heterocycles. The highest BCUT2D eigenvalue weighted by molar-refractivity contribution is 7.89. The predicted octanol–water partition coefficient (Wildman–Crippen LogP) is 2.01. The van der Waals surface area contributed by atoms with Gasteiger partial charge in [-0.2, -0.15) is 4.31 Å². The number of alkyl halides is 1. The molecule has 2 unspecified atom stereocenters. The zero-order valence-corrected chi connectivity index (χ0v) is 12.6. The molecule has 1 aromatic carbocycles. The van der Waals surface area contributed by atoms with E-state index in [1.54, 1.807) is 25.1 Å². The van der Waals surface area contributed by atoms with Gasteiger partial charge >= 0.3 is 0 Å². The summed E-state index contributed by atoms with van der Waals surface area (Å²) in [7, 11) is -3.47. The molecule has 0 bridgehead atoms. The molecule has 0 spiro atoms. The molecule has 1 heterocycles. The average Bonchev–Trinajstić information content (AvgIpc) is 2.38. The van der Waals surface area contributed by atoms with Crippen molar-refractivity contribution in [1.82, 2.24) is 4.31 Å². The number of aryl methyl sites for hydroxylation is 1. The molecule has 0 N–H and O–H groups in total. The van der Waals surface area contributed by atoms with Gasteiger partial charge in [0, 0.05) is 19.0 Å². The molecule has 4 nitrogen and oxygen atoms in total. The summed E-state index contributed by atoms with van der Waals surface area (Å²) in [5.41, 5.74) is 0.754. The van der Waals surface area contributed by atoms with Crippen LogP contribution in [0, 0.1) is 6.92 Å². The van der Waals surface area contributed by atoms with Crippen LogP contribution in [0.4, 0.5) is 0 Å². The third-order valence-electron chi connectivity index (χ3n) is 3.18. The Labute approximate surface area is 119 Å². The molecule has 0 saturated carbocycles. The maximum Gasteiger partial charge on any atom is 0.243 e. The fourth-order valence-electron chi connectivity index (χ4n) is 2.27. The zero-order valence-electron chi connectivity index (χ0n) is 11.0. The summed E-state index contributed by atoms with van der Waals surface area (Å²) >= 11 is 5.79. The van der Waals surface area contributed by atoms with E-state index in [4.69, 9.17) is 16.3 Å². The van der Waals surface area contributed by atoms with Gasteiger partial charge in [-0.15, -0.1) is 11.6 Å². The number of benzene rings is 1. The highest BCUT2D eigenvalue weighted by Gasteiger charge is 2.34. The van der Waals surface area contributed by atoms with E-state index in [2.05, 4.69) is 0 Å². The highest BCUT2D eigenvalue weighted by Crippen LogP contribution is 2.23. The first-order chi connectivity index (χ1) is 8.95. The van der Waals surface area contributed by atoms with Gasteiger partial charge in [0.25, 0.3) is 0 Å². The van der Waals surface area contributed by atoms with Gasteiger partial charge < -0.3 is 4.74 Å². The topological polar surface area (TPSA) is 46.6 Å². The quantitative estimate of drug-likeness (QED) is 0.803. The molecule has 0 aromatic heterocycles. The molecule has 1 fully saturated rings. The summed E-state index contributed by atoms with van der Waals surface area (Å²) in [6.45, 7) is 4.34. The second-order valence-electron chi connectivity index (χ2n) is 4.81. The van der Waals surface area contributed by atoms with Crippen LogP contribution in [-0.4, -0.2) is 43.9 Å². The van der Waals surface area contributed by atoms with E-state index in [0.29, 0.717) is 23.9 Å². The van der Waals surface area contributed by atoms with Crippen LogP contribution in [-0.2, 0) is 14.8 Å². The molecule has 2 rings (SSSR count). The van der Waals surface area contributed by atoms with Crippen molar-refractivity contribution in [2.45, 2.75) is 31.0 Å². The standard InChI is InChI=1S/C13H18ClNO3S/c1-10-5-3-4-6-13(10)19(16,17)15-8-11(2)18-12(7-14)9-15/h3-6,11-12H,7-9H2,1-2H3. The molecule has 0 radical (unpaired) electrons. The summed E-state index contributed by atoms with van der Waals surface area (Å²) < 4.78 is 32.3. The second kappa shape index (κ2) is 5.79. The van der Waals surface area contributed by atoms with E-state index < -0.39 is 10.0 Å². The lowest BCUT2D eigenvalue weighted by Gasteiger charge is -2.35. The number of nitrogens with zero attached hydrogens (tertiary/aromatic N) is 1. The minimum absolute atomic E-state index is 0.142. The van der Waals surface area contributed by atoms with Crippen LogP contribution in [0.25, 0.3) is 0 Å². The van der Waals surface area contributed by atoms with Gasteiger partial charge in [0.15, 0.2) is 0 Å². The summed E-state index contributed by atoms with van der Waals surface area (Å²) in [4.78, 5) is 0.359. The molecule has 19 heavy (non-hydrogen) atoms. The number of morpholine rings is 1. The van der Waals surface area contributed by atoms with Gasteiger partial charge in [-0.05, 0) is 25.5 Å². The summed E-state index contributed by atoms with van der Waals surface area (Å²) in [6.07, 6.45) is -0.388. The smallest absolute Gasteiger partial charge is 0.243 e. The van der Waals surface area contributed by atoms with Crippen molar-refractivity contribution in [2.75, 3.05) is 19.0 Å². The Bertz CT molecular complexity index is 547. The lowest BCUT2D eigenvalue weighted by molar-refractivity contribution is -0.0423. The Kier molecular flexibility index (Phi) is 4.50. The summed E-state index contributed by atoms with van der Waals surface area (Å²) in [6, 6.07) is 7.01. The Balaban J connectivity index is 2.32. The number of sulfonamides is 1. The molecule has 2 atom stereocenters. The summed E-state index contributed by atoms with van der Waals surface area (Å²) in [5.74, 6) is 0.296. The molecular weight excluding hydrogens is 286 g/mol. The van der Waals surface area contributed by atoms with Gasteiger partial charge in [-0.3, -0.25) is 0 Å². The van der Waals surface area contributed by atoms with Gasteiger partial charge in [0.2, 0.25) is 10.0 Å². The van der Waals surface area contributed by atoms with E-state index in [0.717, 1.165) is 5.56 Å². The van der Waals surface area contributed by atoms with Crippen LogP contribution in [0.2, 0.25) is 0 Å². The SMILES string of the molecule is Cc1ccccc1S(=O)(=O)N1CC(C)OC(CCl)C1. The van der Waals surface area contributed by atoms with Crippen molar-refractivity contribution < 1.29 is 13.2 Å². The van der Waals surface area contributed by atoms with Crippen LogP contribution in [0.15, 0.2) is 29.2 Å². The van der Waals surface area contributed by atoms with Crippen molar-refractivity contribution in [3.8, 4) is 0 Å². The van der Waals surface area contributed by atoms with Gasteiger partial charge in [0.1, 0.15) is 0 Å². The summed E-state index contributed by atoms with van der Waals surface area (Å²) in [5, 5.41) is 0. The van der Waals surface area contributed by atoms with Gasteiger partial charge in [-0.1, -0.05) is 18.2 Å². The van der Waals surface area contributed by atoms with E-state index in [1.807, 2.05) is 13.0 Å². The van der Waals surface area contributed by atoms with E-state index in [9.17, 15) is 8.42 Å². The minimum Gasteiger partial charge on any atom is -0.371 e. The largest absolute Gasteiger partial charge is 0.371 e. The molecule has 0 amide bonds. The Morgan fingerprint density at radius 1 is 1.37 bits per heavy atom. The van der Waals surface area contributed by atoms with Crippen LogP contribution >= 0.6 is 11.6 Å². The van der Waals surface area contributed by atoms with Crippen LogP contribution in [0.1, 0.15) is 12.5 Å². The molecule has 1 aliphatic rings. The van der Waals surface area contributed by atoms with Gasteiger partial charge in [-0.25, -0.2) is 8.42 Å². The molecule has 0 aliphatic carbocycles. The van der Waals surface area contributed by atoms with Gasteiger partial charge in [0.05, 0.1) is 17.1 Å². The monoisotopic (exact) mass is 303 g/mol. The Morgan fingerprint density at radius 3 is 2.68 bits per heavy atom. The van der Waals surface area contributed by atoms with E-state index in [1.165, 1.54) is 4.31 Å². The predicted molar refractivity (Wildman–Crippen MR) is 75.0 cm³/mol. The third kappa shape index (κ3) is 3.11. The van der Waals surface area contributed by atoms with Crippen molar-refractivity contribution in [1.29, 1.82) is 0 Å². The van der Waals surface area contributed by atoms with Crippen molar-refractivity contribution in [3.63, 3.8) is 0 Å². The number of ether oxygens (including phenoxy) is 1. The number of halogens is 1. The van der Waals surface area contributed by atoms with Crippen LogP contribution in [0.3, 0.4) is 0 Å². The zero-order chi connectivity index (χ0) is 14.0. The molecular formula is C13H18ClNO3S. The number of hydrogen-bond donors (Lipinski definition) is 0. The first-order valence-corrected chi connectivity index (χ1v) is 8.20. The van der Waals surface area contributed by atoms with Crippen molar-refractivity contribution in [2.24, 2.45) is 0 Å². The minimum atomic E-state index is -3.47. The molecule has 1 aromatic rings. The third-order valence-corrected chi connectivity index (χ3v) is 5.51. The highest BCUT2D eigenvalue weighted by atomic mass is 35.5. The Morgan fingerprint density at radius 2 is 2.05 bits per heavy atom. The molecule has 6 heteroatoms. The lowest BCUT2D eigenvalue weighted by Crippen LogP contribution is -2.49. The fraction of sp³-hybridized carbons (Fsp3) is 0.538. The van der Waals surface area contributed by atoms with E-state index >= 15 is 0 Å². The first kappa shape index (κ1) is 14.8. The van der Waals surface area contributed by atoms with Crippen molar-refractivity contribution >= 4 is 21.6 Å². The maximum atomic E-state index is 12.6. The lowest BCUT2D eigenvalue weighted by atomic mass is 10.2. The van der Waals surface area contributed by atoms with E-state index in [-0.39, 0.29) is 12.2 Å². The normalized spacial score (nSPS) is 25.4. The Hall–Kier alpha value is -0.620. The molecule has 106 valence electrons. The number of hydrogen-bond acceptors (Lipinski definition) is 3. The maximum absolute atomic E-state index is 12.6. The fourth-order valence-corrected chi connectivity index (χ4v) is 4.21. The molecule has 1 saturated heterocycles.